The van der Waals surface area contributed by atoms with Crippen molar-refractivity contribution >= 4 is 5.69 Å². The molecule has 0 aromatic carbocycles. The Labute approximate surface area is 115 Å². The molecular weight excluding hydrogens is 242 g/mol. The number of ether oxygens (including phenoxy) is 2. The van der Waals surface area contributed by atoms with Gasteiger partial charge in [0, 0.05) is 40.1 Å². The lowest BCUT2D eigenvalue weighted by atomic mass is 10.2. The van der Waals surface area contributed by atoms with E-state index in [4.69, 9.17) is 9.47 Å². The van der Waals surface area contributed by atoms with Gasteiger partial charge in [-0.05, 0) is 18.2 Å². The average Bonchev–Trinajstić information content (AvgIpc) is 2.46. The fourth-order valence-electron chi connectivity index (χ4n) is 1.86. The minimum absolute atomic E-state index is 0.694. The van der Waals surface area contributed by atoms with Gasteiger partial charge >= 0.3 is 0 Å². The van der Waals surface area contributed by atoms with Gasteiger partial charge in [-0.1, -0.05) is 6.92 Å². The van der Waals surface area contributed by atoms with Gasteiger partial charge in [0.25, 0.3) is 0 Å². The molecule has 19 heavy (non-hydrogen) atoms. The van der Waals surface area contributed by atoms with Crippen molar-refractivity contribution in [2.24, 2.45) is 0 Å². The van der Waals surface area contributed by atoms with Crippen LogP contribution in [-0.2, 0) is 16.0 Å². The van der Waals surface area contributed by atoms with E-state index in [1.807, 2.05) is 12.4 Å². The minimum atomic E-state index is 0.694. The zero-order chi connectivity index (χ0) is 13.9. The van der Waals surface area contributed by atoms with Crippen molar-refractivity contribution in [2.75, 3.05) is 52.0 Å². The topological polar surface area (TPSA) is 46.6 Å². The van der Waals surface area contributed by atoms with Crippen molar-refractivity contribution < 1.29 is 9.47 Å². The van der Waals surface area contributed by atoms with Crippen molar-refractivity contribution in [1.29, 1.82) is 0 Å². The largest absolute Gasteiger partial charge is 0.383 e. The standard InChI is InChI=1S/C14H25N3O2/c1-4-15-11-13-5-6-16-12-14(13)17(7-9-18-2)8-10-19-3/h5-6,12,15H,4,7-11H2,1-3H3. The zero-order valence-corrected chi connectivity index (χ0v) is 12.2. The van der Waals surface area contributed by atoms with E-state index in [-0.39, 0.29) is 0 Å². The van der Waals surface area contributed by atoms with Crippen LogP contribution in [0.3, 0.4) is 0 Å². The smallest absolute Gasteiger partial charge is 0.0637 e. The summed E-state index contributed by atoms with van der Waals surface area (Å²) in [5.41, 5.74) is 2.40. The van der Waals surface area contributed by atoms with Gasteiger partial charge in [0.15, 0.2) is 0 Å². The normalized spacial score (nSPS) is 10.7. The highest BCUT2D eigenvalue weighted by Crippen LogP contribution is 2.18. The summed E-state index contributed by atoms with van der Waals surface area (Å²) in [4.78, 5) is 6.50. The van der Waals surface area contributed by atoms with Crippen molar-refractivity contribution in [3.05, 3.63) is 24.0 Å². The van der Waals surface area contributed by atoms with Gasteiger partial charge in [-0.15, -0.1) is 0 Å². The van der Waals surface area contributed by atoms with E-state index in [9.17, 15) is 0 Å². The lowest BCUT2D eigenvalue weighted by Gasteiger charge is -2.26. The predicted molar refractivity (Wildman–Crippen MR) is 77.6 cm³/mol. The molecule has 0 bridgehead atoms. The molecule has 0 saturated carbocycles. The lowest BCUT2D eigenvalue weighted by molar-refractivity contribution is 0.190. The maximum Gasteiger partial charge on any atom is 0.0637 e. The molecular formula is C14H25N3O2. The summed E-state index contributed by atoms with van der Waals surface area (Å²) in [6.07, 6.45) is 3.75. The van der Waals surface area contributed by atoms with Gasteiger partial charge in [0.1, 0.15) is 0 Å². The number of anilines is 1. The maximum atomic E-state index is 5.18. The molecule has 1 aromatic rings. The van der Waals surface area contributed by atoms with Crippen molar-refractivity contribution in [3.8, 4) is 0 Å². The summed E-state index contributed by atoms with van der Waals surface area (Å²) in [6, 6.07) is 2.06. The number of methoxy groups -OCH3 is 2. The van der Waals surface area contributed by atoms with Crippen LogP contribution < -0.4 is 10.2 Å². The number of hydrogen-bond acceptors (Lipinski definition) is 5. The number of aromatic nitrogens is 1. The molecule has 5 nitrogen and oxygen atoms in total. The molecule has 0 atom stereocenters. The predicted octanol–water partition coefficient (Wildman–Crippen LogP) is 1.29. The van der Waals surface area contributed by atoms with Crippen LogP contribution in [0.4, 0.5) is 5.69 Å². The molecule has 0 unspecified atom stereocenters. The molecule has 0 fully saturated rings. The fourth-order valence-corrected chi connectivity index (χ4v) is 1.86. The molecule has 1 aromatic heterocycles. The number of hydrogen-bond donors (Lipinski definition) is 1. The molecule has 0 radical (unpaired) electrons. The Balaban J connectivity index is 2.79. The van der Waals surface area contributed by atoms with E-state index >= 15 is 0 Å². The molecule has 1 N–H and O–H groups in total. The molecule has 1 heterocycles. The van der Waals surface area contributed by atoms with Crippen LogP contribution in [0, 0.1) is 0 Å². The first kappa shape index (κ1) is 15.9. The van der Waals surface area contributed by atoms with Gasteiger partial charge in [-0.25, -0.2) is 0 Å². The third-order valence-corrected chi connectivity index (χ3v) is 2.92. The molecule has 0 aliphatic rings. The average molecular weight is 267 g/mol. The number of nitrogens with zero attached hydrogens (tertiary/aromatic N) is 2. The van der Waals surface area contributed by atoms with Gasteiger partial charge in [-0.3, -0.25) is 4.98 Å². The van der Waals surface area contributed by atoms with Crippen LogP contribution >= 0.6 is 0 Å². The van der Waals surface area contributed by atoms with Crippen molar-refractivity contribution in [3.63, 3.8) is 0 Å². The Bertz CT molecular complexity index is 339. The number of pyridine rings is 1. The first-order valence-electron chi connectivity index (χ1n) is 6.69. The Morgan fingerprint density at radius 1 is 1.21 bits per heavy atom. The Hall–Kier alpha value is -1.17. The Morgan fingerprint density at radius 3 is 2.47 bits per heavy atom. The highest BCUT2D eigenvalue weighted by Gasteiger charge is 2.10. The molecule has 0 amide bonds. The maximum absolute atomic E-state index is 5.18. The van der Waals surface area contributed by atoms with E-state index in [2.05, 4.69) is 28.2 Å². The van der Waals surface area contributed by atoms with Crippen LogP contribution in [0.25, 0.3) is 0 Å². The molecule has 0 saturated heterocycles. The minimum Gasteiger partial charge on any atom is -0.383 e. The Morgan fingerprint density at radius 2 is 1.89 bits per heavy atom. The molecule has 0 aliphatic carbocycles. The van der Waals surface area contributed by atoms with E-state index in [0.717, 1.165) is 31.9 Å². The molecule has 0 spiro atoms. The quantitative estimate of drug-likeness (QED) is 0.692. The number of nitrogens with one attached hydrogen (secondary N) is 1. The fraction of sp³-hybridized carbons (Fsp3) is 0.643. The second kappa shape index (κ2) is 9.72. The molecule has 0 aliphatic heterocycles. The third kappa shape index (κ3) is 5.55. The summed E-state index contributed by atoms with van der Waals surface area (Å²) in [7, 11) is 3.44. The summed E-state index contributed by atoms with van der Waals surface area (Å²) in [5, 5.41) is 3.36. The first-order valence-corrected chi connectivity index (χ1v) is 6.69. The zero-order valence-electron chi connectivity index (χ0n) is 12.2. The highest BCUT2D eigenvalue weighted by molar-refractivity contribution is 5.51. The van der Waals surface area contributed by atoms with Crippen LogP contribution in [0.15, 0.2) is 18.5 Å². The van der Waals surface area contributed by atoms with E-state index in [1.165, 1.54) is 5.56 Å². The highest BCUT2D eigenvalue weighted by atomic mass is 16.5. The second-order valence-corrected chi connectivity index (χ2v) is 4.26. The second-order valence-electron chi connectivity index (χ2n) is 4.26. The summed E-state index contributed by atoms with van der Waals surface area (Å²) in [6.45, 7) is 6.98. The summed E-state index contributed by atoms with van der Waals surface area (Å²) >= 11 is 0. The van der Waals surface area contributed by atoms with Gasteiger partial charge < -0.3 is 19.7 Å². The van der Waals surface area contributed by atoms with Crippen LogP contribution in [0.1, 0.15) is 12.5 Å². The molecule has 5 heteroatoms. The molecule has 108 valence electrons. The SMILES string of the molecule is CCNCc1ccncc1N(CCOC)CCOC. The van der Waals surface area contributed by atoms with E-state index in [1.54, 1.807) is 14.2 Å². The van der Waals surface area contributed by atoms with E-state index < -0.39 is 0 Å². The van der Waals surface area contributed by atoms with Gasteiger partial charge in [-0.2, -0.15) is 0 Å². The van der Waals surface area contributed by atoms with Crippen LogP contribution in [0.5, 0.6) is 0 Å². The van der Waals surface area contributed by atoms with Crippen molar-refractivity contribution in [2.45, 2.75) is 13.5 Å². The molecule has 1 rings (SSSR count). The lowest BCUT2D eigenvalue weighted by Crippen LogP contribution is -2.32. The summed E-state index contributed by atoms with van der Waals surface area (Å²) < 4.78 is 10.4. The van der Waals surface area contributed by atoms with Crippen LogP contribution in [-0.4, -0.2) is 52.1 Å². The van der Waals surface area contributed by atoms with Gasteiger partial charge in [0.05, 0.1) is 25.1 Å². The number of rotatable bonds is 10. The summed E-state index contributed by atoms with van der Waals surface area (Å²) in [5.74, 6) is 0. The first-order chi connectivity index (χ1) is 9.33. The monoisotopic (exact) mass is 267 g/mol. The van der Waals surface area contributed by atoms with Gasteiger partial charge in [0.2, 0.25) is 0 Å². The van der Waals surface area contributed by atoms with Crippen molar-refractivity contribution in [1.82, 2.24) is 10.3 Å². The Kier molecular flexibility index (Phi) is 8.13. The third-order valence-electron chi connectivity index (χ3n) is 2.92. The van der Waals surface area contributed by atoms with Crippen LogP contribution in [0.2, 0.25) is 0 Å². The van der Waals surface area contributed by atoms with E-state index in [0.29, 0.717) is 13.2 Å².